The van der Waals surface area contributed by atoms with Gasteiger partial charge >= 0.3 is 0 Å². The monoisotopic (exact) mass is 459 g/mol. The van der Waals surface area contributed by atoms with Gasteiger partial charge in [-0.05, 0) is 72.8 Å². The summed E-state index contributed by atoms with van der Waals surface area (Å²) >= 11 is 5.37. The summed E-state index contributed by atoms with van der Waals surface area (Å²) in [7, 11) is 0. The summed E-state index contributed by atoms with van der Waals surface area (Å²) in [5, 5.41) is 2.99. The van der Waals surface area contributed by atoms with Crippen molar-refractivity contribution in [2.75, 3.05) is 11.4 Å². The fourth-order valence-electron chi connectivity index (χ4n) is 5.26. The number of hydrogen-bond acceptors (Lipinski definition) is 4. The molecular weight excluding hydrogens is 430 g/mol. The van der Waals surface area contributed by atoms with Gasteiger partial charge in [0.25, 0.3) is 11.8 Å². The quantitative estimate of drug-likeness (QED) is 0.413. The van der Waals surface area contributed by atoms with Gasteiger partial charge < -0.3 is 4.90 Å². The summed E-state index contributed by atoms with van der Waals surface area (Å²) in [4.78, 5) is 30.0. The molecule has 2 fully saturated rings. The van der Waals surface area contributed by atoms with Crippen molar-refractivity contribution in [3.8, 4) is 0 Å². The summed E-state index contributed by atoms with van der Waals surface area (Å²) in [6.45, 7) is 1.90. The van der Waals surface area contributed by atoms with Gasteiger partial charge in [-0.2, -0.15) is 0 Å². The Hall–Kier alpha value is -2.99. The molecule has 0 aromatic heterocycles. The highest BCUT2D eigenvalue weighted by atomic mass is 32.1. The minimum Gasteiger partial charge on any atom is -0.367 e. The first-order valence-electron chi connectivity index (χ1n) is 11.9. The first kappa shape index (κ1) is 21.8. The van der Waals surface area contributed by atoms with Crippen LogP contribution in [-0.2, 0) is 22.6 Å². The molecule has 5 rings (SSSR count). The summed E-state index contributed by atoms with van der Waals surface area (Å²) in [5.41, 5.74) is 4.84. The van der Waals surface area contributed by atoms with Crippen LogP contribution in [0.4, 0.5) is 5.69 Å². The molecule has 1 saturated heterocycles. The fraction of sp³-hybridized carbons (Fsp3) is 0.370. The first-order valence-corrected chi connectivity index (χ1v) is 12.3. The molecule has 2 aromatic rings. The minimum absolute atomic E-state index is 0.0813. The van der Waals surface area contributed by atoms with Crippen LogP contribution in [-0.4, -0.2) is 34.4 Å². The number of anilines is 1. The van der Waals surface area contributed by atoms with Gasteiger partial charge in [0.1, 0.15) is 5.57 Å². The molecule has 33 heavy (non-hydrogen) atoms. The Morgan fingerprint density at radius 3 is 2.58 bits per heavy atom. The van der Waals surface area contributed by atoms with Crippen LogP contribution in [0.5, 0.6) is 0 Å². The van der Waals surface area contributed by atoms with Crippen molar-refractivity contribution in [1.82, 2.24) is 10.2 Å². The van der Waals surface area contributed by atoms with Crippen LogP contribution in [0.3, 0.4) is 0 Å². The molecule has 3 aliphatic rings. The number of carbonyl (C=O) groups is 2. The predicted molar refractivity (Wildman–Crippen MR) is 135 cm³/mol. The van der Waals surface area contributed by atoms with Crippen molar-refractivity contribution >= 4 is 40.9 Å². The second kappa shape index (κ2) is 9.48. The zero-order chi connectivity index (χ0) is 22.8. The third kappa shape index (κ3) is 4.58. The average Bonchev–Trinajstić information content (AvgIpc) is 2.83. The second-order valence-corrected chi connectivity index (χ2v) is 9.57. The van der Waals surface area contributed by atoms with Crippen molar-refractivity contribution in [2.45, 2.75) is 57.5 Å². The van der Waals surface area contributed by atoms with Crippen LogP contribution in [0.1, 0.15) is 55.2 Å². The van der Waals surface area contributed by atoms with E-state index in [1.807, 2.05) is 12.1 Å². The van der Waals surface area contributed by atoms with E-state index in [9.17, 15) is 9.59 Å². The van der Waals surface area contributed by atoms with Crippen LogP contribution in [0.25, 0.3) is 6.08 Å². The number of nitrogens with zero attached hydrogens (tertiary/aromatic N) is 2. The summed E-state index contributed by atoms with van der Waals surface area (Å²) in [6.07, 6.45) is 9.06. The van der Waals surface area contributed by atoms with Gasteiger partial charge in [0.15, 0.2) is 5.11 Å². The summed E-state index contributed by atoms with van der Waals surface area (Å²) < 4.78 is 0. The van der Waals surface area contributed by atoms with Crippen molar-refractivity contribution in [3.63, 3.8) is 0 Å². The molecule has 1 saturated carbocycles. The largest absolute Gasteiger partial charge is 0.367 e. The van der Waals surface area contributed by atoms with Gasteiger partial charge in [0, 0.05) is 24.8 Å². The van der Waals surface area contributed by atoms with E-state index in [0.29, 0.717) is 0 Å². The number of rotatable bonds is 4. The third-order valence-electron chi connectivity index (χ3n) is 6.92. The molecule has 0 bridgehead atoms. The number of aryl methyl sites for hydroxylation is 1. The van der Waals surface area contributed by atoms with E-state index < -0.39 is 5.91 Å². The summed E-state index contributed by atoms with van der Waals surface area (Å²) in [5.74, 6) is -0.667. The maximum Gasteiger partial charge on any atom is 0.265 e. The molecule has 1 N–H and O–H groups in total. The Labute approximate surface area is 200 Å². The number of thiocarbonyl (C=S) groups is 1. The van der Waals surface area contributed by atoms with E-state index in [1.54, 1.807) is 11.0 Å². The van der Waals surface area contributed by atoms with E-state index in [0.717, 1.165) is 57.2 Å². The van der Waals surface area contributed by atoms with Crippen LogP contribution in [0.15, 0.2) is 54.1 Å². The molecule has 6 heteroatoms. The van der Waals surface area contributed by atoms with Crippen molar-refractivity contribution in [3.05, 3.63) is 70.8 Å². The van der Waals surface area contributed by atoms with Gasteiger partial charge in [0.05, 0.1) is 0 Å². The first-order chi connectivity index (χ1) is 16.1. The molecule has 0 radical (unpaired) electrons. The highest BCUT2D eigenvalue weighted by molar-refractivity contribution is 7.80. The number of benzene rings is 2. The minimum atomic E-state index is -0.402. The lowest BCUT2D eigenvalue weighted by molar-refractivity contribution is -0.130. The number of carbonyl (C=O) groups excluding carboxylic acids is 2. The summed E-state index contributed by atoms with van der Waals surface area (Å²) in [6, 6.07) is 16.8. The van der Waals surface area contributed by atoms with E-state index in [1.165, 1.54) is 23.2 Å². The van der Waals surface area contributed by atoms with Crippen LogP contribution < -0.4 is 10.2 Å². The van der Waals surface area contributed by atoms with E-state index in [-0.39, 0.29) is 22.6 Å². The normalized spacial score (nSPS) is 20.7. The Morgan fingerprint density at radius 1 is 1.00 bits per heavy atom. The van der Waals surface area contributed by atoms with Crippen LogP contribution in [0, 0.1) is 0 Å². The Kier molecular flexibility index (Phi) is 6.27. The molecule has 5 nitrogen and oxygen atoms in total. The Morgan fingerprint density at radius 2 is 1.79 bits per heavy atom. The molecule has 0 spiro atoms. The molecule has 2 heterocycles. The fourth-order valence-corrected chi connectivity index (χ4v) is 5.59. The van der Waals surface area contributed by atoms with Crippen molar-refractivity contribution in [2.24, 2.45) is 0 Å². The van der Waals surface area contributed by atoms with E-state index >= 15 is 0 Å². The molecule has 2 amide bonds. The van der Waals surface area contributed by atoms with Gasteiger partial charge in [-0.3, -0.25) is 19.8 Å². The van der Waals surface area contributed by atoms with E-state index in [4.69, 9.17) is 12.2 Å². The molecule has 2 aliphatic heterocycles. The number of amides is 2. The molecule has 0 unspecified atom stereocenters. The second-order valence-electron chi connectivity index (χ2n) is 9.18. The maximum absolute atomic E-state index is 13.3. The van der Waals surface area contributed by atoms with Gasteiger partial charge in [-0.15, -0.1) is 0 Å². The highest BCUT2D eigenvalue weighted by Gasteiger charge is 2.38. The lowest BCUT2D eigenvalue weighted by Gasteiger charge is -2.37. The molecule has 2 aromatic carbocycles. The zero-order valence-electron chi connectivity index (χ0n) is 18.8. The topological polar surface area (TPSA) is 52.7 Å². The standard InChI is InChI=1S/C27H29N3O2S/c31-25-23(26(32)30(27(33)28-25)22-11-5-2-6-12-22)17-20-13-14-24-21(16-20)10-7-15-29(24)18-19-8-3-1-4-9-19/h1,3-4,8-9,13-14,16-17,22H,2,5-7,10-12,15,18H2,(H,28,31,33)/b23-17+. The van der Waals surface area contributed by atoms with Gasteiger partial charge in [0.2, 0.25) is 0 Å². The Bertz CT molecular complexity index is 1110. The van der Waals surface area contributed by atoms with Gasteiger partial charge in [-0.25, -0.2) is 0 Å². The smallest absolute Gasteiger partial charge is 0.265 e. The van der Waals surface area contributed by atoms with Crippen molar-refractivity contribution in [1.29, 1.82) is 0 Å². The SMILES string of the molecule is O=C1NC(=S)N(C2CCCCC2)C(=O)/C1=C/c1ccc2c(c1)CCCN2Cc1ccccc1. The third-order valence-corrected chi connectivity index (χ3v) is 7.22. The Balaban J connectivity index is 1.40. The highest BCUT2D eigenvalue weighted by Crippen LogP contribution is 2.31. The van der Waals surface area contributed by atoms with Crippen molar-refractivity contribution < 1.29 is 9.59 Å². The lowest BCUT2D eigenvalue weighted by atomic mass is 9.93. The average molecular weight is 460 g/mol. The molecule has 1 aliphatic carbocycles. The number of nitrogens with one attached hydrogen (secondary N) is 1. The lowest BCUT2D eigenvalue weighted by Crippen LogP contribution is -2.57. The van der Waals surface area contributed by atoms with Crippen LogP contribution >= 0.6 is 12.2 Å². The number of fused-ring (bicyclic) bond motifs is 1. The molecule has 0 atom stereocenters. The van der Waals surface area contributed by atoms with Crippen LogP contribution in [0.2, 0.25) is 0 Å². The van der Waals surface area contributed by atoms with Gasteiger partial charge in [-0.1, -0.05) is 55.7 Å². The number of hydrogen-bond donors (Lipinski definition) is 1. The maximum atomic E-state index is 13.3. The predicted octanol–water partition coefficient (Wildman–Crippen LogP) is 4.60. The molecular formula is C27H29N3O2S. The zero-order valence-corrected chi connectivity index (χ0v) is 19.6. The molecule has 170 valence electrons. The van der Waals surface area contributed by atoms with E-state index in [2.05, 4.69) is 46.6 Å².